The van der Waals surface area contributed by atoms with Gasteiger partial charge in [0.15, 0.2) is 0 Å². The fourth-order valence-corrected chi connectivity index (χ4v) is 4.25. The van der Waals surface area contributed by atoms with Gasteiger partial charge in [-0.3, -0.25) is 4.79 Å². The molecular weight excluding hydrogens is 418 g/mol. The molecule has 1 unspecified atom stereocenters. The molecule has 0 bridgehead atoms. The summed E-state index contributed by atoms with van der Waals surface area (Å²) < 4.78 is 10.7. The second kappa shape index (κ2) is 11.8. The molecule has 1 fully saturated rings. The molecule has 0 radical (unpaired) electrons. The molecule has 3 N–H and O–H groups in total. The number of methoxy groups -OCH3 is 2. The Labute approximate surface area is 195 Å². The van der Waals surface area contributed by atoms with Crippen molar-refractivity contribution in [3.63, 3.8) is 0 Å². The SMILES string of the molecule is CN/C(=N\C#N)Nc1ccc(C(NC(=O)c2ccc(OC)cc2OC)C2CCCCC2)cc1. The van der Waals surface area contributed by atoms with Crippen molar-refractivity contribution < 1.29 is 14.3 Å². The van der Waals surface area contributed by atoms with Gasteiger partial charge in [0.05, 0.1) is 25.8 Å². The number of hydrogen-bond donors (Lipinski definition) is 3. The smallest absolute Gasteiger partial charge is 0.255 e. The van der Waals surface area contributed by atoms with Crippen molar-refractivity contribution in [1.29, 1.82) is 5.26 Å². The van der Waals surface area contributed by atoms with Gasteiger partial charge in [-0.1, -0.05) is 31.4 Å². The lowest BCUT2D eigenvalue weighted by Crippen LogP contribution is -2.34. The van der Waals surface area contributed by atoms with Gasteiger partial charge in [0.25, 0.3) is 5.91 Å². The molecule has 1 aliphatic rings. The van der Waals surface area contributed by atoms with Crippen LogP contribution in [0.25, 0.3) is 0 Å². The van der Waals surface area contributed by atoms with Crippen LogP contribution in [0, 0.1) is 17.4 Å². The van der Waals surface area contributed by atoms with Crippen LogP contribution in [0.1, 0.15) is 54.1 Å². The van der Waals surface area contributed by atoms with Crippen molar-refractivity contribution in [2.45, 2.75) is 38.1 Å². The van der Waals surface area contributed by atoms with Gasteiger partial charge in [0.1, 0.15) is 11.5 Å². The van der Waals surface area contributed by atoms with E-state index in [9.17, 15) is 4.79 Å². The summed E-state index contributed by atoms with van der Waals surface area (Å²) in [5.41, 5.74) is 2.31. The first kappa shape index (κ1) is 23.9. The van der Waals surface area contributed by atoms with Crippen LogP contribution in [0.5, 0.6) is 11.5 Å². The molecule has 174 valence electrons. The predicted molar refractivity (Wildman–Crippen MR) is 129 cm³/mol. The molecule has 3 rings (SSSR count). The molecule has 0 spiro atoms. The zero-order valence-corrected chi connectivity index (χ0v) is 19.4. The molecule has 1 amide bonds. The fraction of sp³-hybridized carbons (Fsp3) is 0.400. The van der Waals surface area contributed by atoms with Crippen LogP contribution in [0.4, 0.5) is 5.69 Å². The number of benzene rings is 2. The first-order valence-electron chi connectivity index (χ1n) is 11.1. The van der Waals surface area contributed by atoms with E-state index in [4.69, 9.17) is 14.7 Å². The van der Waals surface area contributed by atoms with Crippen molar-refractivity contribution >= 4 is 17.6 Å². The monoisotopic (exact) mass is 449 g/mol. The topological polar surface area (TPSA) is 108 Å². The van der Waals surface area contributed by atoms with Crippen LogP contribution >= 0.6 is 0 Å². The van der Waals surface area contributed by atoms with Gasteiger partial charge in [0.2, 0.25) is 12.2 Å². The van der Waals surface area contributed by atoms with Gasteiger partial charge < -0.3 is 25.4 Å². The highest BCUT2D eigenvalue weighted by molar-refractivity contribution is 5.97. The molecular formula is C25H31N5O3. The van der Waals surface area contributed by atoms with E-state index in [1.807, 2.05) is 24.3 Å². The van der Waals surface area contributed by atoms with Crippen LogP contribution in [-0.4, -0.2) is 33.1 Å². The van der Waals surface area contributed by atoms with E-state index >= 15 is 0 Å². The predicted octanol–water partition coefficient (Wildman–Crippen LogP) is 4.22. The number of carbonyl (C=O) groups excluding carboxylic acids is 1. The Balaban J connectivity index is 1.84. The Morgan fingerprint density at radius 1 is 1.09 bits per heavy atom. The van der Waals surface area contributed by atoms with Gasteiger partial charge in [-0.15, -0.1) is 4.99 Å². The molecule has 0 heterocycles. The molecule has 33 heavy (non-hydrogen) atoms. The van der Waals surface area contributed by atoms with Gasteiger partial charge in [-0.25, -0.2) is 0 Å². The van der Waals surface area contributed by atoms with Gasteiger partial charge in [0, 0.05) is 18.8 Å². The van der Waals surface area contributed by atoms with E-state index in [-0.39, 0.29) is 11.9 Å². The molecule has 8 heteroatoms. The first-order chi connectivity index (χ1) is 16.1. The minimum atomic E-state index is -0.175. The summed E-state index contributed by atoms with van der Waals surface area (Å²) in [5.74, 6) is 1.67. The number of anilines is 1. The van der Waals surface area contributed by atoms with Crippen molar-refractivity contribution in [3.8, 4) is 17.7 Å². The Bertz CT molecular complexity index is 1010. The number of hydrogen-bond acceptors (Lipinski definition) is 5. The number of nitrogens with one attached hydrogen (secondary N) is 3. The molecule has 8 nitrogen and oxygen atoms in total. The van der Waals surface area contributed by atoms with E-state index in [1.165, 1.54) is 19.3 Å². The highest BCUT2D eigenvalue weighted by Crippen LogP contribution is 2.35. The van der Waals surface area contributed by atoms with Crippen LogP contribution in [0.2, 0.25) is 0 Å². The largest absolute Gasteiger partial charge is 0.497 e. The third-order valence-corrected chi connectivity index (χ3v) is 5.99. The van der Waals surface area contributed by atoms with Crippen LogP contribution in [-0.2, 0) is 0 Å². The first-order valence-corrected chi connectivity index (χ1v) is 11.1. The zero-order valence-electron chi connectivity index (χ0n) is 19.4. The number of guanidine groups is 1. The number of aliphatic imine (C=N–C) groups is 1. The van der Waals surface area contributed by atoms with E-state index in [0.29, 0.717) is 28.9 Å². The van der Waals surface area contributed by atoms with E-state index in [0.717, 1.165) is 24.1 Å². The molecule has 0 aromatic heterocycles. The van der Waals surface area contributed by atoms with Crippen LogP contribution < -0.4 is 25.4 Å². The summed E-state index contributed by atoms with van der Waals surface area (Å²) in [6, 6.07) is 13.0. The summed E-state index contributed by atoms with van der Waals surface area (Å²) in [4.78, 5) is 17.0. The zero-order chi connectivity index (χ0) is 23.6. The van der Waals surface area contributed by atoms with Crippen LogP contribution in [0.15, 0.2) is 47.5 Å². The number of amides is 1. The fourth-order valence-electron chi connectivity index (χ4n) is 4.25. The number of nitrogens with zero attached hydrogens (tertiary/aromatic N) is 2. The molecule has 2 aromatic carbocycles. The second-order valence-corrected chi connectivity index (χ2v) is 7.97. The third-order valence-electron chi connectivity index (χ3n) is 5.99. The Hall–Kier alpha value is -3.73. The van der Waals surface area contributed by atoms with Crippen molar-refractivity contribution in [2.75, 3.05) is 26.6 Å². The molecule has 0 saturated heterocycles. The Morgan fingerprint density at radius 3 is 2.42 bits per heavy atom. The average molecular weight is 450 g/mol. The van der Waals surface area contributed by atoms with Crippen LogP contribution in [0.3, 0.4) is 0 Å². The van der Waals surface area contributed by atoms with E-state index < -0.39 is 0 Å². The third kappa shape index (κ3) is 6.16. The summed E-state index contributed by atoms with van der Waals surface area (Å²) in [6.45, 7) is 0. The Morgan fingerprint density at radius 2 is 1.82 bits per heavy atom. The van der Waals surface area contributed by atoms with Gasteiger partial charge in [-0.2, -0.15) is 5.26 Å². The van der Waals surface area contributed by atoms with Crippen molar-refractivity contribution in [2.24, 2.45) is 10.9 Å². The normalized spacial score (nSPS) is 15.2. The number of ether oxygens (including phenoxy) is 2. The second-order valence-electron chi connectivity index (χ2n) is 7.97. The average Bonchev–Trinajstić information content (AvgIpc) is 2.87. The minimum absolute atomic E-state index is 0.116. The lowest BCUT2D eigenvalue weighted by molar-refractivity contribution is 0.0909. The maximum Gasteiger partial charge on any atom is 0.255 e. The quantitative estimate of drug-likeness (QED) is 0.332. The number of carbonyl (C=O) groups is 1. The van der Waals surface area contributed by atoms with Gasteiger partial charge in [-0.05, 0) is 48.6 Å². The van der Waals surface area contributed by atoms with Crippen molar-refractivity contribution in [3.05, 3.63) is 53.6 Å². The van der Waals surface area contributed by atoms with Gasteiger partial charge >= 0.3 is 0 Å². The summed E-state index contributed by atoms with van der Waals surface area (Å²) in [6.07, 6.45) is 7.47. The maximum absolute atomic E-state index is 13.3. The number of rotatable bonds is 7. The highest BCUT2D eigenvalue weighted by atomic mass is 16.5. The lowest BCUT2D eigenvalue weighted by Gasteiger charge is -2.31. The lowest BCUT2D eigenvalue weighted by atomic mass is 9.81. The molecule has 1 atom stereocenters. The summed E-state index contributed by atoms with van der Waals surface area (Å²) in [5, 5.41) is 18.0. The molecule has 1 saturated carbocycles. The highest BCUT2D eigenvalue weighted by Gasteiger charge is 2.28. The Kier molecular flexibility index (Phi) is 8.53. The van der Waals surface area contributed by atoms with E-state index in [2.05, 4.69) is 20.9 Å². The standard InChI is InChI=1S/C25H31N5O3/c1-27-25(28-16-26)29-19-11-9-18(10-12-19)23(17-7-5-4-6-8-17)30-24(31)21-14-13-20(32-2)15-22(21)33-3/h9-15,17,23H,4-8H2,1-3H3,(H,30,31)(H2,27,28,29). The minimum Gasteiger partial charge on any atom is -0.497 e. The summed E-state index contributed by atoms with van der Waals surface area (Å²) >= 11 is 0. The van der Waals surface area contributed by atoms with Crippen molar-refractivity contribution in [1.82, 2.24) is 10.6 Å². The molecule has 2 aromatic rings. The number of nitriles is 1. The molecule has 0 aliphatic heterocycles. The van der Waals surface area contributed by atoms with E-state index in [1.54, 1.807) is 45.7 Å². The summed E-state index contributed by atoms with van der Waals surface area (Å²) in [7, 11) is 4.82. The molecule has 1 aliphatic carbocycles. The maximum atomic E-state index is 13.3.